The van der Waals surface area contributed by atoms with Gasteiger partial charge in [-0.3, -0.25) is 0 Å². The Morgan fingerprint density at radius 3 is 1.77 bits per heavy atom. The van der Waals surface area contributed by atoms with Crippen molar-refractivity contribution in [2.24, 2.45) is 0 Å². The molecule has 5 heteroatoms. The van der Waals surface area contributed by atoms with Crippen molar-refractivity contribution in [2.75, 3.05) is 33.0 Å². The SMILES string of the molecule is C1CC[C@H](OCC2(CO[C@H]3CCCCO3)CCCCO2)OC1. The maximum Gasteiger partial charge on any atom is 0.157 e. The monoisotopic (exact) mass is 314 g/mol. The second-order valence-electron chi connectivity index (χ2n) is 6.70. The number of hydrogen-bond acceptors (Lipinski definition) is 5. The quantitative estimate of drug-likeness (QED) is 0.754. The van der Waals surface area contributed by atoms with Gasteiger partial charge in [-0.1, -0.05) is 0 Å². The van der Waals surface area contributed by atoms with Gasteiger partial charge in [0.2, 0.25) is 0 Å². The first-order chi connectivity index (χ1) is 10.9. The van der Waals surface area contributed by atoms with E-state index in [2.05, 4.69) is 0 Å². The molecule has 0 aromatic heterocycles. The Morgan fingerprint density at radius 2 is 1.32 bits per heavy atom. The molecule has 0 aliphatic carbocycles. The fourth-order valence-corrected chi connectivity index (χ4v) is 3.35. The molecule has 3 aliphatic rings. The maximum atomic E-state index is 6.09. The van der Waals surface area contributed by atoms with Crippen LogP contribution in [0.5, 0.6) is 0 Å². The van der Waals surface area contributed by atoms with Crippen molar-refractivity contribution in [3.63, 3.8) is 0 Å². The molecule has 0 spiro atoms. The summed E-state index contributed by atoms with van der Waals surface area (Å²) in [6.45, 7) is 3.54. The van der Waals surface area contributed by atoms with Crippen LogP contribution in [-0.4, -0.2) is 51.2 Å². The average molecular weight is 314 g/mol. The van der Waals surface area contributed by atoms with Gasteiger partial charge in [-0.25, -0.2) is 0 Å². The van der Waals surface area contributed by atoms with E-state index in [0.717, 1.165) is 58.3 Å². The van der Waals surface area contributed by atoms with Gasteiger partial charge in [0.1, 0.15) is 5.60 Å². The Morgan fingerprint density at radius 1 is 0.727 bits per heavy atom. The van der Waals surface area contributed by atoms with Gasteiger partial charge >= 0.3 is 0 Å². The highest BCUT2D eigenvalue weighted by Crippen LogP contribution is 2.28. The highest BCUT2D eigenvalue weighted by molar-refractivity contribution is 4.84. The van der Waals surface area contributed by atoms with Crippen LogP contribution in [0.25, 0.3) is 0 Å². The molecule has 0 aromatic carbocycles. The zero-order valence-electron chi connectivity index (χ0n) is 13.6. The number of rotatable bonds is 6. The van der Waals surface area contributed by atoms with Crippen molar-refractivity contribution >= 4 is 0 Å². The lowest BCUT2D eigenvalue weighted by atomic mass is 9.95. The van der Waals surface area contributed by atoms with E-state index in [0.29, 0.717) is 13.2 Å². The third kappa shape index (κ3) is 4.90. The summed E-state index contributed by atoms with van der Waals surface area (Å²) in [5, 5.41) is 0. The standard InChI is InChI=1S/C17H30O5/c1-4-10-18-15(7-1)20-13-17(9-3-6-12-22-17)14-21-16-8-2-5-11-19-16/h15-16H,1-14H2/t15-,16-/m0/s1. The molecule has 3 heterocycles. The molecule has 5 nitrogen and oxygen atoms in total. The van der Waals surface area contributed by atoms with Gasteiger partial charge in [-0.2, -0.15) is 0 Å². The highest BCUT2D eigenvalue weighted by Gasteiger charge is 2.36. The highest BCUT2D eigenvalue weighted by atomic mass is 16.7. The number of hydrogen-bond donors (Lipinski definition) is 0. The molecule has 0 bridgehead atoms. The molecule has 0 radical (unpaired) electrons. The molecule has 0 aromatic rings. The van der Waals surface area contributed by atoms with E-state index in [1.165, 1.54) is 19.3 Å². The molecule has 128 valence electrons. The predicted molar refractivity (Wildman–Crippen MR) is 81.6 cm³/mol. The van der Waals surface area contributed by atoms with Crippen LogP contribution in [0.3, 0.4) is 0 Å². The average Bonchev–Trinajstić information content (AvgIpc) is 2.61. The summed E-state index contributed by atoms with van der Waals surface area (Å²) in [4.78, 5) is 0. The van der Waals surface area contributed by atoms with E-state index in [9.17, 15) is 0 Å². The first kappa shape index (κ1) is 16.7. The van der Waals surface area contributed by atoms with Crippen LogP contribution < -0.4 is 0 Å². The Hall–Kier alpha value is -0.200. The van der Waals surface area contributed by atoms with E-state index >= 15 is 0 Å². The van der Waals surface area contributed by atoms with Crippen molar-refractivity contribution in [1.82, 2.24) is 0 Å². The van der Waals surface area contributed by atoms with Crippen LogP contribution in [0.1, 0.15) is 57.8 Å². The minimum atomic E-state index is -0.320. The van der Waals surface area contributed by atoms with Crippen molar-refractivity contribution in [2.45, 2.75) is 76.0 Å². The van der Waals surface area contributed by atoms with E-state index in [-0.39, 0.29) is 18.2 Å². The summed E-state index contributed by atoms with van der Waals surface area (Å²) < 4.78 is 29.4. The molecule has 0 saturated carbocycles. The smallest absolute Gasteiger partial charge is 0.157 e. The molecule has 3 saturated heterocycles. The van der Waals surface area contributed by atoms with Crippen LogP contribution in [0.2, 0.25) is 0 Å². The molecule has 0 unspecified atom stereocenters. The summed E-state index contributed by atoms with van der Waals surface area (Å²) in [5.74, 6) is 0. The zero-order chi connectivity index (χ0) is 15.1. The summed E-state index contributed by atoms with van der Waals surface area (Å²) >= 11 is 0. The lowest BCUT2D eigenvalue weighted by molar-refractivity contribution is -0.243. The van der Waals surface area contributed by atoms with Crippen LogP contribution in [0.15, 0.2) is 0 Å². The van der Waals surface area contributed by atoms with Gasteiger partial charge in [0, 0.05) is 19.8 Å². The molecule has 0 N–H and O–H groups in total. The lowest BCUT2D eigenvalue weighted by Gasteiger charge is -2.39. The molecule has 3 fully saturated rings. The van der Waals surface area contributed by atoms with Gasteiger partial charge in [-0.15, -0.1) is 0 Å². The Labute approximate surface area is 133 Å². The molecular weight excluding hydrogens is 284 g/mol. The molecule has 3 aliphatic heterocycles. The van der Waals surface area contributed by atoms with E-state index < -0.39 is 0 Å². The molecular formula is C17H30O5. The topological polar surface area (TPSA) is 46.2 Å². The Kier molecular flexibility index (Phi) is 6.51. The largest absolute Gasteiger partial charge is 0.370 e. The van der Waals surface area contributed by atoms with E-state index in [1.807, 2.05) is 0 Å². The molecule has 22 heavy (non-hydrogen) atoms. The Bertz CT molecular complexity index is 280. The van der Waals surface area contributed by atoms with Gasteiger partial charge in [-0.05, 0) is 57.8 Å². The van der Waals surface area contributed by atoms with E-state index in [1.54, 1.807) is 0 Å². The fraction of sp³-hybridized carbons (Fsp3) is 1.00. The summed E-state index contributed by atoms with van der Waals surface area (Å²) in [5.41, 5.74) is -0.320. The predicted octanol–water partition coefficient (Wildman–Crippen LogP) is 3.01. The zero-order valence-corrected chi connectivity index (χ0v) is 13.6. The van der Waals surface area contributed by atoms with Crippen LogP contribution >= 0.6 is 0 Å². The first-order valence-electron chi connectivity index (χ1n) is 8.97. The molecule has 2 atom stereocenters. The summed E-state index contributed by atoms with van der Waals surface area (Å²) in [6.07, 6.45) is 9.79. The number of ether oxygens (including phenoxy) is 5. The summed E-state index contributed by atoms with van der Waals surface area (Å²) in [6, 6.07) is 0. The van der Waals surface area contributed by atoms with Crippen molar-refractivity contribution in [3.8, 4) is 0 Å². The van der Waals surface area contributed by atoms with Crippen molar-refractivity contribution in [1.29, 1.82) is 0 Å². The second-order valence-corrected chi connectivity index (χ2v) is 6.70. The van der Waals surface area contributed by atoms with Crippen molar-refractivity contribution in [3.05, 3.63) is 0 Å². The van der Waals surface area contributed by atoms with Gasteiger partial charge in [0.25, 0.3) is 0 Å². The van der Waals surface area contributed by atoms with Crippen LogP contribution in [0.4, 0.5) is 0 Å². The summed E-state index contributed by atoms with van der Waals surface area (Å²) in [7, 11) is 0. The van der Waals surface area contributed by atoms with Crippen LogP contribution in [-0.2, 0) is 23.7 Å². The second kappa shape index (κ2) is 8.60. The first-order valence-corrected chi connectivity index (χ1v) is 8.97. The van der Waals surface area contributed by atoms with Crippen molar-refractivity contribution < 1.29 is 23.7 Å². The third-order valence-electron chi connectivity index (χ3n) is 4.78. The molecule has 3 rings (SSSR count). The Balaban J connectivity index is 1.48. The maximum absolute atomic E-state index is 6.09. The van der Waals surface area contributed by atoms with Gasteiger partial charge in [0.05, 0.1) is 13.2 Å². The minimum Gasteiger partial charge on any atom is -0.370 e. The lowest BCUT2D eigenvalue weighted by Crippen LogP contribution is -2.47. The fourth-order valence-electron chi connectivity index (χ4n) is 3.35. The van der Waals surface area contributed by atoms with Crippen LogP contribution in [0, 0.1) is 0 Å². The third-order valence-corrected chi connectivity index (χ3v) is 4.78. The van der Waals surface area contributed by atoms with Gasteiger partial charge in [0.15, 0.2) is 12.6 Å². The molecule has 0 amide bonds. The van der Waals surface area contributed by atoms with E-state index in [4.69, 9.17) is 23.7 Å². The minimum absolute atomic E-state index is 0.0675. The normalized spacial score (nSPS) is 32.7. The van der Waals surface area contributed by atoms with Gasteiger partial charge < -0.3 is 23.7 Å².